The number of carbonyl (C=O) groups is 1. The molecular weight excluding hydrogens is 290 g/mol. The minimum Gasteiger partial charge on any atom is -0.494 e. The third-order valence-electron chi connectivity index (χ3n) is 3.04. The summed E-state index contributed by atoms with van der Waals surface area (Å²) in [5, 5.41) is 0.572. The molecule has 0 heterocycles. The molecule has 110 valence electrons. The SMILES string of the molecule is COc1c(N)cccc1C(=O)OCc1ccc(C)cc1Cl. The number of rotatable bonds is 4. The summed E-state index contributed by atoms with van der Waals surface area (Å²) in [5.74, 6) is -0.187. The van der Waals surface area contributed by atoms with E-state index in [0.29, 0.717) is 22.0 Å². The molecule has 5 heteroatoms. The van der Waals surface area contributed by atoms with Crippen molar-refractivity contribution in [2.45, 2.75) is 13.5 Å². The summed E-state index contributed by atoms with van der Waals surface area (Å²) in [5.41, 5.74) is 8.24. The zero-order valence-electron chi connectivity index (χ0n) is 11.9. The molecule has 0 spiro atoms. The van der Waals surface area contributed by atoms with E-state index in [1.165, 1.54) is 7.11 Å². The maximum absolute atomic E-state index is 12.1. The number of aryl methyl sites for hydroxylation is 1. The van der Waals surface area contributed by atoms with Crippen molar-refractivity contribution in [1.29, 1.82) is 0 Å². The fourth-order valence-electron chi connectivity index (χ4n) is 1.93. The van der Waals surface area contributed by atoms with E-state index in [2.05, 4.69) is 0 Å². The van der Waals surface area contributed by atoms with Gasteiger partial charge >= 0.3 is 5.97 Å². The number of nitrogens with two attached hydrogens (primary N) is 1. The van der Waals surface area contributed by atoms with E-state index >= 15 is 0 Å². The number of anilines is 1. The van der Waals surface area contributed by atoms with Gasteiger partial charge in [0.15, 0.2) is 5.75 Å². The van der Waals surface area contributed by atoms with E-state index in [1.54, 1.807) is 18.2 Å². The van der Waals surface area contributed by atoms with Gasteiger partial charge in [0, 0.05) is 10.6 Å². The number of nitrogen functional groups attached to an aromatic ring is 1. The zero-order valence-corrected chi connectivity index (χ0v) is 12.6. The molecule has 2 rings (SSSR count). The van der Waals surface area contributed by atoms with Crippen LogP contribution in [0.15, 0.2) is 36.4 Å². The molecule has 0 radical (unpaired) electrons. The molecule has 0 aliphatic rings. The van der Waals surface area contributed by atoms with E-state index in [1.807, 2.05) is 25.1 Å². The van der Waals surface area contributed by atoms with Crippen LogP contribution in [-0.4, -0.2) is 13.1 Å². The lowest BCUT2D eigenvalue weighted by Crippen LogP contribution is -2.08. The number of benzene rings is 2. The summed E-state index contributed by atoms with van der Waals surface area (Å²) in [6, 6.07) is 10.5. The maximum atomic E-state index is 12.1. The Morgan fingerprint density at radius 3 is 2.71 bits per heavy atom. The third kappa shape index (κ3) is 3.47. The van der Waals surface area contributed by atoms with Gasteiger partial charge in [0.25, 0.3) is 0 Å². The van der Waals surface area contributed by atoms with Crippen molar-refractivity contribution in [1.82, 2.24) is 0 Å². The number of halogens is 1. The van der Waals surface area contributed by atoms with Crippen molar-refractivity contribution in [3.05, 3.63) is 58.1 Å². The van der Waals surface area contributed by atoms with Gasteiger partial charge in [0.05, 0.1) is 12.8 Å². The highest BCUT2D eigenvalue weighted by atomic mass is 35.5. The highest BCUT2D eigenvalue weighted by Crippen LogP contribution is 2.27. The van der Waals surface area contributed by atoms with Crippen molar-refractivity contribution in [3.8, 4) is 5.75 Å². The van der Waals surface area contributed by atoms with Gasteiger partial charge in [-0.25, -0.2) is 4.79 Å². The van der Waals surface area contributed by atoms with Crippen LogP contribution in [0.3, 0.4) is 0 Å². The van der Waals surface area contributed by atoms with Crippen LogP contribution in [0.1, 0.15) is 21.5 Å². The highest BCUT2D eigenvalue weighted by molar-refractivity contribution is 6.31. The molecule has 2 aromatic carbocycles. The van der Waals surface area contributed by atoms with Gasteiger partial charge in [-0.15, -0.1) is 0 Å². The van der Waals surface area contributed by atoms with Crippen LogP contribution in [0.4, 0.5) is 5.69 Å². The summed E-state index contributed by atoms with van der Waals surface area (Å²) in [6.45, 7) is 2.04. The fourth-order valence-corrected chi connectivity index (χ4v) is 2.22. The van der Waals surface area contributed by atoms with Gasteiger partial charge in [-0.05, 0) is 30.7 Å². The number of hydrogen-bond acceptors (Lipinski definition) is 4. The first-order chi connectivity index (χ1) is 10.0. The van der Waals surface area contributed by atoms with Crippen LogP contribution in [0, 0.1) is 6.92 Å². The molecule has 0 atom stereocenters. The maximum Gasteiger partial charge on any atom is 0.342 e. The fraction of sp³-hybridized carbons (Fsp3) is 0.188. The van der Waals surface area contributed by atoms with E-state index in [9.17, 15) is 4.79 Å². The Bertz CT molecular complexity index is 671. The number of carbonyl (C=O) groups excluding carboxylic acids is 1. The van der Waals surface area contributed by atoms with Gasteiger partial charge in [0.2, 0.25) is 0 Å². The van der Waals surface area contributed by atoms with Crippen LogP contribution in [-0.2, 0) is 11.3 Å². The van der Waals surface area contributed by atoms with Gasteiger partial charge < -0.3 is 15.2 Å². The summed E-state index contributed by atoms with van der Waals surface area (Å²) in [7, 11) is 1.46. The Hall–Kier alpha value is -2.20. The average Bonchev–Trinajstić information content (AvgIpc) is 2.45. The second-order valence-electron chi connectivity index (χ2n) is 4.60. The summed E-state index contributed by atoms with van der Waals surface area (Å²) in [4.78, 5) is 12.1. The van der Waals surface area contributed by atoms with E-state index in [4.69, 9.17) is 26.8 Å². The predicted octanol–water partition coefficient (Wildman–Crippen LogP) is 3.60. The Morgan fingerprint density at radius 2 is 2.05 bits per heavy atom. The lowest BCUT2D eigenvalue weighted by atomic mass is 10.1. The number of ether oxygens (including phenoxy) is 2. The summed E-state index contributed by atoms with van der Waals surface area (Å²) < 4.78 is 10.4. The van der Waals surface area contributed by atoms with Gasteiger partial charge in [-0.1, -0.05) is 29.8 Å². The standard InChI is InChI=1S/C16H16ClNO3/c1-10-6-7-11(13(17)8-10)9-21-16(19)12-4-3-5-14(18)15(12)20-2/h3-8H,9,18H2,1-2H3. The molecule has 0 aromatic heterocycles. The smallest absolute Gasteiger partial charge is 0.342 e. The minimum absolute atomic E-state index is 0.0932. The third-order valence-corrected chi connectivity index (χ3v) is 3.39. The first-order valence-corrected chi connectivity index (χ1v) is 6.75. The molecule has 0 unspecified atom stereocenters. The monoisotopic (exact) mass is 305 g/mol. The molecule has 0 aliphatic heterocycles. The van der Waals surface area contributed by atoms with Crippen LogP contribution >= 0.6 is 11.6 Å². The molecule has 0 saturated heterocycles. The number of methoxy groups -OCH3 is 1. The van der Waals surface area contributed by atoms with Crippen LogP contribution in [0.25, 0.3) is 0 Å². The molecule has 2 N–H and O–H groups in total. The van der Waals surface area contributed by atoms with Crippen molar-refractivity contribution in [2.75, 3.05) is 12.8 Å². The second-order valence-corrected chi connectivity index (χ2v) is 5.01. The van der Waals surface area contributed by atoms with E-state index in [-0.39, 0.29) is 6.61 Å². The Morgan fingerprint density at radius 1 is 1.29 bits per heavy atom. The van der Waals surface area contributed by atoms with Gasteiger partial charge in [-0.3, -0.25) is 0 Å². The lowest BCUT2D eigenvalue weighted by Gasteiger charge is -2.11. The van der Waals surface area contributed by atoms with Crippen LogP contribution in [0.5, 0.6) is 5.75 Å². The molecular formula is C16H16ClNO3. The number of hydrogen-bond donors (Lipinski definition) is 1. The highest BCUT2D eigenvalue weighted by Gasteiger charge is 2.16. The van der Waals surface area contributed by atoms with Crippen molar-refractivity contribution in [3.63, 3.8) is 0 Å². The topological polar surface area (TPSA) is 61.5 Å². The predicted molar refractivity (Wildman–Crippen MR) is 82.7 cm³/mol. The van der Waals surface area contributed by atoms with Crippen molar-refractivity contribution < 1.29 is 14.3 Å². The number of esters is 1. The molecule has 21 heavy (non-hydrogen) atoms. The zero-order chi connectivity index (χ0) is 15.4. The first-order valence-electron chi connectivity index (χ1n) is 6.37. The average molecular weight is 306 g/mol. The second kappa shape index (κ2) is 6.50. The van der Waals surface area contributed by atoms with Crippen molar-refractivity contribution in [2.24, 2.45) is 0 Å². The summed E-state index contributed by atoms with van der Waals surface area (Å²) >= 11 is 6.11. The normalized spacial score (nSPS) is 10.2. The minimum atomic E-state index is -0.504. The number of para-hydroxylation sites is 1. The van der Waals surface area contributed by atoms with Gasteiger partial charge in [0.1, 0.15) is 12.2 Å². The molecule has 0 amide bonds. The van der Waals surface area contributed by atoms with Crippen molar-refractivity contribution >= 4 is 23.3 Å². The van der Waals surface area contributed by atoms with Crippen LogP contribution in [0.2, 0.25) is 5.02 Å². The molecule has 0 saturated carbocycles. The Balaban J connectivity index is 2.14. The molecule has 0 bridgehead atoms. The molecule has 0 fully saturated rings. The molecule has 0 aliphatic carbocycles. The van der Waals surface area contributed by atoms with Gasteiger partial charge in [-0.2, -0.15) is 0 Å². The summed E-state index contributed by atoms with van der Waals surface area (Å²) in [6.07, 6.45) is 0. The van der Waals surface area contributed by atoms with E-state index < -0.39 is 5.97 Å². The first kappa shape index (κ1) is 15.2. The molecule has 4 nitrogen and oxygen atoms in total. The van der Waals surface area contributed by atoms with E-state index in [0.717, 1.165) is 11.1 Å². The quantitative estimate of drug-likeness (QED) is 0.692. The van der Waals surface area contributed by atoms with Crippen LogP contribution < -0.4 is 10.5 Å². The lowest BCUT2D eigenvalue weighted by molar-refractivity contribution is 0.0469. The largest absolute Gasteiger partial charge is 0.494 e. The Kier molecular flexibility index (Phi) is 4.70. The Labute approximate surface area is 128 Å². The molecule has 2 aromatic rings.